The molecule has 0 saturated carbocycles. The zero-order valence-corrected chi connectivity index (χ0v) is 14.5. The van der Waals surface area contributed by atoms with Crippen LogP contribution in [0.5, 0.6) is 0 Å². The van der Waals surface area contributed by atoms with Gasteiger partial charge in [-0.05, 0) is 24.6 Å². The molecule has 0 fully saturated rings. The summed E-state index contributed by atoms with van der Waals surface area (Å²) in [5, 5.41) is 0. The second kappa shape index (κ2) is 7.61. The van der Waals surface area contributed by atoms with Crippen LogP contribution in [0.15, 0.2) is 83.2 Å². The quantitative estimate of drug-likeness (QED) is 0.789. The SMILES string of the molecule is CC(=O)OC1=CN=CN(C(=O)c2ccccc2)C(c2ccccc2)=C1C. The molecule has 1 heterocycles. The third kappa shape index (κ3) is 3.62. The predicted octanol–water partition coefficient (Wildman–Crippen LogP) is 4.01. The number of carbonyl (C=O) groups is 2. The maximum absolute atomic E-state index is 13.1. The Morgan fingerprint density at radius 2 is 1.58 bits per heavy atom. The number of hydrogen-bond acceptors (Lipinski definition) is 4. The van der Waals surface area contributed by atoms with Crippen molar-refractivity contribution >= 4 is 23.9 Å². The fourth-order valence-corrected chi connectivity index (χ4v) is 2.70. The number of nitrogens with zero attached hydrogens (tertiary/aromatic N) is 2. The third-order valence-electron chi connectivity index (χ3n) is 3.88. The van der Waals surface area contributed by atoms with Gasteiger partial charge in [0, 0.05) is 18.1 Å². The van der Waals surface area contributed by atoms with Gasteiger partial charge < -0.3 is 4.74 Å². The molecule has 0 N–H and O–H groups in total. The van der Waals surface area contributed by atoms with E-state index in [9.17, 15) is 9.59 Å². The molecule has 0 bridgehead atoms. The summed E-state index contributed by atoms with van der Waals surface area (Å²) in [5.74, 6) is -0.345. The van der Waals surface area contributed by atoms with Gasteiger partial charge in [-0.3, -0.25) is 14.5 Å². The van der Waals surface area contributed by atoms with Gasteiger partial charge in [0.25, 0.3) is 5.91 Å². The Balaban J connectivity index is 2.13. The maximum Gasteiger partial charge on any atom is 0.308 e. The fraction of sp³-hybridized carbons (Fsp3) is 0.0952. The van der Waals surface area contributed by atoms with Crippen LogP contribution in [0.2, 0.25) is 0 Å². The van der Waals surface area contributed by atoms with Crippen LogP contribution in [0.3, 0.4) is 0 Å². The van der Waals surface area contributed by atoms with Crippen molar-refractivity contribution in [1.82, 2.24) is 4.90 Å². The Kier molecular flexibility index (Phi) is 5.08. The summed E-state index contributed by atoms with van der Waals surface area (Å²) in [6.45, 7) is 3.13. The molecule has 1 aliphatic rings. The summed E-state index contributed by atoms with van der Waals surface area (Å²) in [4.78, 5) is 30.1. The molecule has 26 heavy (non-hydrogen) atoms. The first-order valence-electron chi connectivity index (χ1n) is 8.15. The van der Waals surface area contributed by atoms with Gasteiger partial charge in [-0.15, -0.1) is 0 Å². The summed E-state index contributed by atoms with van der Waals surface area (Å²) in [7, 11) is 0. The lowest BCUT2D eigenvalue weighted by molar-refractivity contribution is -0.136. The highest BCUT2D eigenvalue weighted by Crippen LogP contribution is 2.30. The minimum absolute atomic E-state index is 0.218. The molecule has 0 unspecified atom stereocenters. The van der Waals surface area contributed by atoms with Crippen molar-refractivity contribution in [3.63, 3.8) is 0 Å². The van der Waals surface area contributed by atoms with Gasteiger partial charge in [-0.1, -0.05) is 48.5 Å². The van der Waals surface area contributed by atoms with Gasteiger partial charge in [0.2, 0.25) is 0 Å². The number of amides is 1. The van der Waals surface area contributed by atoms with Gasteiger partial charge in [0.15, 0.2) is 5.76 Å². The van der Waals surface area contributed by atoms with Gasteiger partial charge in [0.05, 0.1) is 11.9 Å². The van der Waals surface area contributed by atoms with E-state index in [1.807, 2.05) is 48.5 Å². The monoisotopic (exact) mass is 346 g/mol. The number of carbonyl (C=O) groups excluding carboxylic acids is 2. The Hall–Kier alpha value is -3.47. The molecule has 0 spiro atoms. The molecule has 5 heteroatoms. The molecular weight excluding hydrogens is 328 g/mol. The normalized spacial score (nSPS) is 13.9. The van der Waals surface area contributed by atoms with E-state index in [1.165, 1.54) is 24.4 Å². The Morgan fingerprint density at radius 1 is 0.962 bits per heavy atom. The van der Waals surface area contributed by atoms with Crippen molar-refractivity contribution in [3.05, 3.63) is 89.3 Å². The van der Waals surface area contributed by atoms with Crippen LogP contribution >= 0.6 is 0 Å². The highest BCUT2D eigenvalue weighted by atomic mass is 16.5. The van der Waals surface area contributed by atoms with Crippen molar-refractivity contribution in [2.45, 2.75) is 13.8 Å². The van der Waals surface area contributed by atoms with Gasteiger partial charge in [-0.25, -0.2) is 4.99 Å². The van der Waals surface area contributed by atoms with Crippen molar-refractivity contribution in [2.75, 3.05) is 0 Å². The van der Waals surface area contributed by atoms with E-state index in [4.69, 9.17) is 4.74 Å². The van der Waals surface area contributed by atoms with Crippen LogP contribution in [-0.4, -0.2) is 23.1 Å². The summed E-state index contributed by atoms with van der Waals surface area (Å²) >= 11 is 0. The van der Waals surface area contributed by atoms with E-state index in [2.05, 4.69) is 4.99 Å². The molecule has 5 nitrogen and oxygen atoms in total. The van der Waals surface area contributed by atoms with Crippen LogP contribution in [0.25, 0.3) is 5.70 Å². The van der Waals surface area contributed by atoms with Crippen molar-refractivity contribution < 1.29 is 14.3 Å². The molecule has 0 saturated heterocycles. The highest BCUT2D eigenvalue weighted by Gasteiger charge is 2.25. The van der Waals surface area contributed by atoms with Gasteiger partial charge in [0.1, 0.15) is 6.34 Å². The van der Waals surface area contributed by atoms with E-state index in [0.717, 1.165) is 5.56 Å². The minimum atomic E-state index is -0.443. The van der Waals surface area contributed by atoms with Crippen LogP contribution < -0.4 is 0 Å². The summed E-state index contributed by atoms with van der Waals surface area (Å²) in [6, 6.07) is 18.4. The lowest BCUT2D eigenvalue weighted by atomic mass is 10.0. The Bertz CT molecular complexity index is 913. The van der Waals surface area contributed by atoms with Crippen molar-refractivity contribution in [1.29, 1.82) is 0 Å². The molecule has 2 aromatic carbocycles. The standard InChI is InChI=1S/C21H18N2O3/c1-15-19(26-16(2)24)13-22-14-23(20(15)17-9-5-3-6-10-17)21(25)18-11-7-4-8-12-18/h3-14H,1-2H3. The molecule has 0 aliphatic carbocycles. The van der Waals surface area contributed by atoms with E-state index in [-0.39, 0.29) is 5.91 Å². The van der Waals surface area contributed by atoms with Crippen LogP contribution in [-0.2, 0) is 9.53 Å². The maximum atomic E-state index is 13.1. The minimum Gasteiger partial charge on any atom is -0.425 e. The zero-order valence-electron chi connectivity index (χ0n) is 14.5. The lowest BCUT2D eigenvalue weighted by Gasteiger charge is -2.23. The number of benzene rings is 2. The lowest BCUT2D eigenvalue weighted by Crippen LogP contribution is -2.29. The van der Waals surface area contributed by atoms with E-state index in [1.54, 1.807) is 19.1 Å². The fourth-order valence-electron chi connectivity index (χ4n) is 2.70. The molecule has 1 amide bonds. The number of esters is 1. The number of rotatable bonds is 3. The smallest absolute Gasteiger partial charge is 0.308 e. The molecule has 0 atom stereocenters. The Labute approximate surface area is 151 Å². The van der Waals surface area contributed by atoms with Gasteiger partial charge in [-0.2, -0.15) is 0 Å². The van der Waals surface area contributed by atoms with Crippen molar-refractivity contribution in [2.24, 2.45) is 4.99 Å². The third-order valence-corrected chi connectivity index (χ3v) is 3.88. The number of allylic oxidation sites excluding steroid dienone is 1. The summed E-state index contributed by atoms with van der Waals surface area (Å²) in [5.41, 5.74) is 2.62. The van der Waals surface area contributed by atoms with E-state index in [0.29, 0.717) is 22.6 Å². The highest BCUT2D eigenvalue weighted by molar-refractivity contribution is 6.08. The summed E-state index contributed by atoms with van der Waals surface area (Å²) in [6.07, 6.45) is 2.88. The molecule has 2 aromatic rings. The number of ether oxygens (including phenoxy) is 1. The molecule has 0 aromatic heterocycles. The number of hydrogen-bond donors (Lipinski definition) is 0. The molecule has 0 radical (unpaired) electrons. The molecule has 3 rings (SSSR count). The van der Waals surface area contributed by atoms with E-state index >= 15 is 0 Å². The second-order valence-corrected chi connectivity index (χ2v) is 5.73. The van der Waals surface area contributed by atoms with Crippen molar-refractivity contribution in [3.8, 4) is 0 Å². The summed E-state index contributed by atoms with van der Waals surface area (Å²) < 4.78 is 5.28. The average Bonchev–Trinajstić information content (AvgIpc) is 2.81. The molecular formula is C21H18N2O3. The van der Waals surface area contributed by atoms with Crippen LogP contribution in [0, 0.1) is 0 Å². The van der Waals surface area contributed by atoms with Crippen LogP contribution in [0.4, 0.5) is 0 Å². The Morgan fingerprint density at radius 3 is 2.19 bits per heavy atom. The van der Waals surface area contributed by atoms with E-state index < -0.39 is 5.97 Å². The second-order valence-electron chi connectivity index (χ2n) is 5.73. The molecule has 130 valence electrons. The molecule has 1 aliphatic heterocycles. The van der Waals surface area contributed by atoms with Gasteiger partial charge >= 0.3 is 5.97 Å². The first-order chi connectivity index (χ1) is 12.6. The first kappa shape index (κ1) is 17.4. The largest absolute Gasteiger partial charge is 0.425 e. The topological polar surface area (TPSA) is 59.0 Å². The number of aliphatic imine (C=N–C) groups is 1. The predicted molar refractivity (Wildman–Crippen MR) is 100.0 cm³/mol. The average molecular weight is 346 g/mol. The first-order valence-corrected chi connectivity index (χ1v) is 8.15. The zero-order chi connectivity index (χ0) is 18.5. The van der Waals surface area contributed by atoms with Crippen LogP contribution in [0.1, 0.15) is 29.8 Å².